The van der Waals surface area contributed by atoms with E-state index < -0.39 is 0 Å². The van der Waals surface area contributed by atoms with E-state index in [1.807, 2.05) is 58.9 Å². The molecule has 1 aromatic rings. The van der Waals surface area contributed by atoms with E-state index in [9.17, 15) is 4.79 Å². The van der Waals surface area contributed by atoms with E-state index in [4.69, 9.17) is 10.5 Å². The Morgan fingerprint density at radius 1 is 1.12 bits per heavy atom. The van der Waals surface area contributed by atoms with E-state index in [1.54, 1.807) is 0 Å². The van der Waals surface area contributed by atoms with E-state index in [0.717, 1.165) is 36.5 Å². The molecule has 3 N–H and O–H groups in total. The molecule has 1 rings (SSSR count). The smallest absolute Gasteiger partial charge is 0.239 e. The normalized spacial score (nSPS) is 13.5. The van der Waals surface area contributed by atoms with Crippen LogP contribution in [0.25, 0.3) is 5.70 Å². The second kappa shape index (κ2) is 20.6. The van der Waals surface area contributed by atoms with Crippen LogP contribution in [0.3, 0.4) is 0 Å². The first-order valence-corrected chi connectivity index (χ1v) is 12.6. The van der Waals surface area contributed by atoms with Crippen LogP contribution in [0.5, 0.6) is 0 Å². The number of hydrogen-bond donors (Lipinski definition) is 2. The van der Waals surface area contributed by atoms with Gasteiger partial charge in [0.15, 0.2) is 0 Å². The van der Waals surface area contributed by atoms with Crippen LogP contribution in [-0.2, 0) is 9.53 Å². The zero-order chi connectivity index (χ0) is 25.8. The number of nitrogens with two attached hydrogens (primary N) is 1. The van der Waals surface area contributed by atoms with E-state index in [1.165, 1.54) is 12.8 Å². The van der Waals surface area contributed by atoms with Crippen molar-refractivity contribution in [1.29, 1.82) is 0 Å². The van der Waals surface area contributed by atoms with Gasteiger partial charge in [-0.2, -0.15) is 0 Å². The Bertz CT molecular complexity index is 675. The van der Waals surface area contributed by atoms with E-state index in [-0.39, 0.29) is 18.4 Å². The minimum atomic E-state index is -0.235. The summed E-state index contributed by atoms with van der Waals surface area (Å²) in [7, 11) is 0. The Morgan fingerprint density at radius 2 is 1.76 bits per heavy atom. The van der Waals surface area contributed by atoms with Gasteiger partial charge in [-0.1, -0.05) is 85.2 Å². The van der Waals surface area contributed by atoms with Gasteiger partial charge >= 0.3 is 0 Å². The highest BCUT2D eigenvalue weighted by atomic mass is 16.5. The molecule has 3 atom stereocenters. The van der Waals surface area contributed by atoms with Gasteiger partial charge in [0, 0.05) is 12.5 Å². The summed E-state index contributed by atoms with van der Waals surface area (Å²) < 4.78 is 5.56. The summed E-state index contributed by atoms with van der Waals surface area (Å²) in [5, 5.41) is 2.76. The monoisotopic (exact) mass is 461 g/mol. The van der Waals surface area contributed by atoms with E-state index in [2.05, 4.69) is 44.6 Å². The summed E-state index contributed by atoms with van der Waals surface area (Å²) in [6.07, 6.45) is 4.93. The van der Waals surface area contributed by atoms with Gasteiger partial charge in [-0.25, -0.2) is 4.99 Å². The highest BCUT2D eigenvalue weighted by Gasteiger charge is 2.12. The molecule has 0 radical (unpaired) electrons. The second-order valence-corrected chi connectivity index (χ2v) is 8.27. The molecule has 0 aromatic heterocycles. The van der Waals surface area contributed by atoms with Crippen molar-refractivity contribution in [3.05, 3.63) is 42.0 Å². The number of hydrogen-bond acceptors (Lipinski definition) is 4. The Morgan fingerprint density at radius 3 is 2.24 bits per heavy atom. The summed E-state index contributed by atoms with van der Waals surface area (Å²) in [5.41, 5.74) is 8.07. The predicted molar refractivity (Wildman–Crippen MR) is 145 cm³/mol. The van der Waals surface area contributed by atoms with Gasteiger partial charge in [0.25, 0.3) is 0 Å². The third-order valence-electron chi connectivity index (χ3n) is 5.42. The number of carbonyl (C=O) groups is 1. The maximum absolute atomic E-state index is 11.5. The second-order valence-electron chi connectivity index (χ2n) is 8.27. The highest BCUT2D eigenvalue weighted by molar-refractivity contribution is 6.01. The van der Waals surface area contributed by atoms with Crippen LogP contribution in [0.1, 0.15) is 92.2 Å². The number of amides is 1. The zero-order valence-corrected chi connectivity index (χ0v) is 22.8. The topological polar surface area (TPSA) is 76.7 Å². The Kier molecular flexibility index (Phi) is 20.7. The fraction of sp³-hybridized carbons (Fsp3) is 0.643. The van der Waals surface area contributed by atoms with E-state index >= 15 is 0 Å². The Balaban J connectivity index is 0. The summed E-state index contributed by atoms with van der Waals surface area (Å²) in [4.78, 5) is 15.9. The number of nitrogens with zero attached hydrogens (tertiary/aromatic N) is 1. The summed E-state index contributed by atoms with van der Waals surface area (Å²) in [6, 6.07) is 7.96. The zero-order valence-electron chi connectivity index (χ0n) is 22.8. The molecule has 0 aliphatic heterocycles. The lowest BCUT2D eigenvalue weighted by molar-refractivity contribution is -0.118. The Labute approximate surface area is 204 Å². The number of nitrogens with one attached hydrogen (secondary N) is 1. The maximum Gasteiger partial charge on any atom is 0.239 e. The first-order valence-electron chi connectivity index (χ1n) is 12.6. The number of aliphatic imine (C=N–C) groups is 1. The van der Waals surface area contributed by atoms with Gasteiger partial charge in [-0.3, -0.25) is 4.79 Å². The molecule has 5 nitrogen and oxygen atoms in total. The number of amidine groups is 1. The summed E-state index contributed by atoms with van der Waals surface area (Å²) in [6.45, 7) is 23.8. The molecule has 0 saturated carbocycles. The third kappa shape index (κ3) is 16.3. The van der Waals surface area contributed by atoms with Crippen LogP contribution in [0, 0.1) is 18.8 Å². The summed E-state index contributed by atoms with van der Waals surface area (Å²) >= 11 is 0. The van der Waals surface area contributed by atoms with Crippen LogP contribution < -0.4 is 11.1 Å². The highest BCUT2D eigenvalue weighted by Crippen LogP contribution is 2.17. The lowest BCUT2D eigenvalue weighted by Gasteiger charge is -2.15. The average Bonchev–Trinajstić information content (AvgIpc) is 2.84. The van der Waals surface area contributed by atoms with Crippen molar-refractivity contribution in [3.63, 3.8) is 0 Å². The minimum absolute atomic E-state index is 0.0492. The molecule has 0 aliphatic carbocycles. The molecule has 0 fully saturated rings. The van der Waals surface area contributed by atoms with Gasteiger partial charge < -0.3 is 15.8 Å². The SMILES string of the molecule is C=C(N=C(NC(=O)CN)C(C)CC)c1cccc(C)c1.CC.CCC(C)CCOC(C)CC. The van der Waals surface area contributed by atoms with Crippen LogP contribution in [-0.4, -0.2) is 31.0 Å². The lowest BCUT2D eigenvalue weighted by Crippen LogP contribution is -2.38. The molecule has 190 valence electrons. The van der Waals surface area contributed by atoms with Crippen molar-refractivity contribution in [3.8, 4) is 0 Å². The van der Waals surface area contributed by atoms with Gasteiger partial charge in [0.1, 0.15) is 5.84 Å². The fourth-order valence-corrected chi connectivity index (χ4v) is 2.48. The number of aryl methyl sites for hydroxylation is 1. The molecule has 0 spiro atoms. The molecule has 0 saturated heterocycles. The standard InChI is InChI=1S/C16H23N3O.C10H22O.C2H6/c1-5-12(3)16(19-15(20)10-17)18-13(4)14-8-6-7-11(2)9-14;1-5-9(3)7-8-11-10(4)6-2;1-2/h6-9,12H,4-5,10,17H2,1-3H3,(H,18,19,20);9-10H,5-8H2,1-4H3;1-2H3. The first kappa shape index (κ1) is 33.2. The Hall–Kier alpha value is -1.98. The third-order valence-corrected chi connectivity index (χ3v) is 5.42. The van der Waals surface area contributed by atoms with Crippen LogP contribution in [0.4, 0.5) is 0 Å². The van der Waals surface area contributed by atoms with Gasteiger partial charge in [0.05, 0.1) is 18.3 Å². The number of rotatable bonds is 11. The molecule has 0 heterocycles. The minimum Gasteiger partial charge on any atom is -0.379 e. The molecule has 1 aromatic carbocycles. The molecule has 33 heavy (non-hydrogen) atoms. The first-order chi connectivity index (χ1) is 15.7. The van der Waals surface area contributed by atoms with Crippen molar-refractivity contribution in [2.75, 3.05) is 13.2 Å². The molecule has 3 unspecified atom stereocenters. The van der Waals surface area contributed by atoms with Crippen molar-refractivity contribution in [1.82, 2.24) is 5.32 Å². The largest absolute Gasteiger partial charge is 0.379 e. The van der Waals surface area contributed by atoms with Gasteiger partial charge in [-0.05, 0) is 50.7 Å². The van der Waals surface area contributed by atoms with Crippen molar-refractivity contribution < 1.29 is 9.53 Å². The maximum atomic E-state index is 11.5. The molecule has 0 bridgehead atoms. The van der Waals surface area contributed by atoms with E-state index in [0.29, 0.717) is 17.6 Å². The number of ether oxygens (including phenoxy) is 1. The average molecular weight is 462 g/mol. The number of benzene rings is 1. The predicted octanol–water partition coefficient (Wildman–Crippen LogP) is 6.75. The molecule has 1 amide bonds. The molecular weight excluding hydrogens is 410 g/mol. The van der Waals surface area contributed by atoms with Crippen LogP contribution >= 0.6 is 0 Å². The van der Waals surface area contributed by atoms with Gasteiger partial charge in [-0.15, -0.1) is 0 Å². The van der Waals surface area contributed by atoms with Crippen molar-refractivity contribution >= 4 is 17.4 Å². The van der Waals surface area contributed by atoms with Gasteiger partial charge in [0.2, 0.25) is 5.91 Å². The molecule has 5 heteroatoms. The number of carbonyl (C=O) groups excluding carboxylic acids is 1. The fourth-order valence-electron chi connectivity index (χ4n) is 2.48. The van der Waals surface area contributed by atoms with Crippen LogP contribution in [0.15, 0.2) is 35.8 Å². The quantitative estimate of drug-likeness (QED) is 0.283. The van der Waals surface area contributed by atoms with Crippen LogP contribution in [0.2, 0.25) is 0 Å². The van der Waals surface area contributed by atoms with Crippen molar-refractivity contribution in [2.45, 2.75) is 94.1 Å². The van der Waals surface area contributed by atoms with Crippen molar-refractivity contribution in [2.24, 2.45) is 22.6 Å². The summed E-state index contributed by atoms with van der Waals surface area (Å²) in [5.74, 6) is 1.35. The molecular formula is C28H51N3O2. The molecule has 0 aliphatic rings. The lowest BCUT2D eigenvalue weighted by atomic mass is 10.1.